The average Bonchev–Trinajstić information content (AvgIpc) is 2.77. The fraction of sp³-hybridized carbons (Fsp3) is 0.167. The fourth-order valence-corrected chi connectivity index (χ4v) is 1.42. The number of nitrogens with one attached hydrogen (secondary N) is 2. The van der Waals surface area contributed by atoms with Crippen LogP contribution < -0.4 is 5.32 Å². The molecule has 0 atom stereocenters. The summed E-state index contributed by atoms with van der Waals surface area (Å²) in [5.74, 6) is -0.372. The van der Waals surface area contributed by atoms with E-state index in [1.165, 1.54) is 18.2 Å². The zero-order valence-corrected chi connectivity index (χ0v) is 9.33. The van der Waals surface area contributed by atoms with Gasteiger partial charge in [-0.2, -0.15) is 5.10 Å². The van der Waals surface area contributed by atoms with Gasteiger partial charge in [-0.15, -0.1) is 0 Å². The van der Waals surface area contributed by atoms with Gasteiger partial charge in [0.1, 0.15) is 5.82 Å². The fourth-order valence-electron chi connectivity index (χ4n) is 1.42. The highest BCUT2D eigenvalue weighted by molar-refractivity contribution is 6.03. The Labute approximate surface area is 97.9 Å². The largest absolute Gasteiger partial charge is 0.305 e. The first-order valence-corrected chi connectivity index (χ1v) is 5.30. The van der Waals surface area contributed by atoms with E-state index in [0.717, 1.165) is 12.1 Å². The van der Waals surface area contributed by atoms with Crippen molar-refractivity contribution < 1.29 is 9.18 Å². The molecule has 2 N–H and O–H groups in total. The molecule has 0 saturated heterocycles. The zero-order valence-electron chi connectivity index (χ0n) is 9.33. The number of nitrogens with zero attached hydrogens (tertiary/aromatic N) is 1. The second-order valence-electron chi connectivity index (χ2n) is 3.60. The first kappa shape index (κ1) is 11.3. The number of hydrogen-bond acceptors (Lipinski definition) is 2. The van der Waals surface area contributed by atoms with E-state index in [9.17, 15) is 9.18 Å². The Morgan fingerprint density at radius 1 is 1.47 bits per heavy atom. The van der Waals surface area contributed by atoms with Gasteiger partial charge in [0.25, 0.3) is 5.91 Å². The van der Waals surface area contributed by atoms with Gasteiger partial charge in [-0.3, -0.25) is 9.89 Å². The molecule has 0 fully saturated rings. The molecule has 0 aliphatic heterocycles. The highest BCUT2D eigenvalue weighted by Gasteiger charge is 2.08. The molecule has 4 nitrogen and oxygen atoms in total. The highest BCUT2D eigenvalue weighted by Crippen LogP contribution is 2.09. The number of aromatic amines is 1. The van der Waals surface area contributed by atoms with E-state index >= 15 is 0 Å². The minimum Gasteiger partial charge on any atom is -0.305 e. The number of hydrogen-bond donors (Lipinski definition) is 2. The van der Waals surface area contributed by atoms with Crippen molar-refractivity contribution in [2.45, 2.75) is 13.3 Å². The van der Waals surface area contributed by atoms with Gasteiger partial charge in [-0.1, -0.05) is 13.0 Å². The Bertz CT molecular complexity index is 536. The summed E-state index contributed by atoms with van der Waals surface area (Å²) < 4.78 is 12.9. The van der Waals surface area contributed by atoms with Crippen molar-refractivity contribution in [3.05, 3.63) is 47.4 Å². The molecule has 0 aliphatic rings. The topological polar surface area (TPSA) is 57.8 Å². The summed E-state index contributed by atoms with van der Waals surface area (Å²) in [4.78, 5) is 11.7. The molecular formula is C12H12FN3O. The molecule has 2 aromatic rings. The van der Waals surface area contributed by atoms with Crippen LogP contribution in [0.5, 0.6) is 0 Å². The molecule has 0 spiro atoms. The van der Waals surface area contributed by atoms with Crippen molar-refractivity contribution in [3.63, 3.8) is 0 Å². The van der Waals surface area contributed by atoms with Crippen LogP contribution in [0.4, 0.5) is 10.2 Å². The lowest BCUT2D eigenvalue weighted by Crippen LogP contribution is -2.12. The van der Waals surface area contributed by atoms with Crippen molar-refractivity contribution in [3.8, 4) is 0 Å². The number of halogens is 1. The van der Waals surface area contributed by atoms with Crippen LogP contribution in [0, 0.1) is 5.82 Å². The third-order valence-electron chi connectivity index (χ3n) is 2.34. The molecule has 0 radical (unpaired) electrons. The number of aryl methyl sites for hydroxylation is 1. The van der Waals surface area contributed by atoms with E-state index in [4.69, 9.17) is 0 Å². The van der Waals surface area contributed by atoms with Crippen molar-refractivity contribution in [2.24, 2.45) is 0 Å². The van der Waals surface area contributed by atoms with Gasteiger partial charge >= 0.3 is 0 Å². The molecule has 1 amide bonds. The lowest BCUT2D eigenvalue weighted by Gasteiger charge is -2.01. The van der Waals surface area contributed by atoms with Crippen LogP contribution >= 0.6 is 0 Å². The molecule has 5 heteroatoms. The molecular weight excluding hydrogens is 221 g/mol. The monoisotopic (exact) mass is 233 g/mol. The molecule has 1 aromatic heterocycles. The predicted octanol–water partition coefficient (Wildman–Crippen LogP) is 2.36. The average molecular weight is 233 g/mol. The maximum absolute atomic E-state index is 12.9. The summed E-state index contributed by atoms with van der Waals surface area (Å²) >= 11 is 0. The van der Waals surface area contributed by atoms with Gasteiger partial charge < -0.3 is 5.32 Å². The first-order chi connectivity index (χ1) is 8.19. The lowest BCUT2D eigenvalue weighted by atomic mass is 10.2. The van der Waals surface area contributed by atoms with Crippen LogP contribution in [0.1, 0.15) is 23.0 Å². The minimum absolute atomic E-state index is 0.269. The third kappa shape index (κ3) is 2.69. The van der Waals surface area contributed by atoms with Crippen LogP contribution in [0.2, 0.25) is 0 Å². The van der Waals surface area contributed by atoms with Crippen molar-refractivity contribution >= 4 is 11.7 Å². The molecule has 0 saturated carbocycles. The predicted molar refractivity (Wildman–Crippen MR) is 62.3 cm³/mol. The smallest absolute Gasteiger partial charge is 0.256 e. The standard InChI is InChI=1S/C12H12FN3O/c1-2-10-7-11(16-15-10)14-12(17)8-4-3-5-9(13)6-8/h3-7H,2H2,1H3,(H2,14,15,16,17). The molecule has 17 heavy (non-hydrogen) atoms. The van der Waals surface area contributed by atoms with Gasteiger partial charge in [0.15, 0.2) is 5.82 Å². The number of rotatable bonds is 3. The van der Waals surface area contributed by atoms with E-state index in [1.807, 2.05) is 6.92 Å². The molecule has 2 rings (SSSR count). The Kier molecular flexibility index (Phi) is 3.18. The van der Waals surface area contributed by atoms with E-state index in [1.54, 1.807) is 12.1 Å². The second-order valence-corrected chi connectivity index (χ2v) is 3.60. The number of amides is 1. The molecule has 88 valence electrons. The third-order valence-corrected chi connectivity index (χ3v) is 2.34. The van der Waals surface area contributed by atoms with Crippen molar-refractivity contribution in [1.82, 2.24) is 10.2 Å². The molecule has 0 bridgehead atoms. The Morgan fingerprint density at radius 2 is 2.29 bits per heavy atom. The number of benzene rings is 1. The summed E-state index contributed by atoms with van der Waals surface area (Å²) in [7, 11) is 0. The summed E-state index contributed by atoms with van der Waals surface area (Å²) in [5.41, 5.74) is 1.20. The summed E-state index contributed by atoms with van der Waals surface area (Å²) in [6.07, 6.45) is 0.808. The maximum Gasteiger partial charge on any atom is 0.256 e. The number of anilines is 1. The Morgan fingerprint density at radius 3 is 2.94 bits per heavy atom. The normalized spacial score (nSPS) is 10.2. The Balaban J connectivity index is 2.11. The summed E-state index contributed by atoms with van der Waals surface area (Å²) in [6, 6.07) is 7.26. The maximum atomic E-state index is 12.9. The van der Waals surface area contributed by atoms with Crippen LogP contribution in [0.25, 0.3) is 0 Å². The van der Waals surface area contributed by atoms with E-state index in [-0.39, 0.29) is 11.5 Å². The number of H-pyrrole nitrogens is 1. The molecule has 1 heterocycles. The summed E-state index contributed by atoms with van der Waals surface area (Å²) in [5, 5.41) is 9.30. The quantitative estimate of drug-likeness (QED) is 0.855. The van der Waals surface area contributed by atoms with E-state index in [2.05, 4.69) is 15.5 Å². The van der Waals surface area contributed by atoms with Gasteiger partial charge in [0.2, 0.25) is 0 Å². The van der Waals surface area contributed by atoms with Crippen LogP contribution in [0.15, 0.2) is 30.3 Å². The molecule has 1 aromatic carbocycles. The molecule has 0 unspecified atom stereocenters. The Hall–Kier alpha value is -2.17. The zero-order chi connectivity index (χ0) is 12.3. The lowest BCUT2D eigenvalue weighted by molar-refractivity contribution is 0.102. The van der Waals surface area contributed by atoms with Gasteiger partial charge in [0.05, 0.1) is 0 Å². The van der Waals surface area contributed by atoms with E-state index < -0.39 is 5.82 Å². The van der Waals surface area contributed by atoms with Crippen molar-refractivity contribution in [1.29, 1.82) is 0 Å². The van der Waals surface area contributed by atoms with Crippen molar-refractivity contribution in [2.75, 3.05) is 5.32 Å². The van der Waals surface area contributed by atoms with Crippen LogP contribution in [-0.4, -0.2) is 16.1 Å². The van der Waals surface area contributed by atoms with E-state index in [0.29, 0.717) is 5.82 Å². The highest BCUT2D eigenvalue weighted by atomic mass is 19.1. The van der Waals surface area contributed by atoms with Gasteiger partial charge in [-0.25, -0.2) is 4.39 Å². The molecule has 0 aliphatic carbocycles. The van der Waals surface area contributed by atoms with Crippen LogP contribution in [-0.2, 0) is 6.42 Å². The minimum atomic E-state index is -0.436. The van der Waals surface area contributed by atoms with Gasteiger partial charge in [-0.05, 0) is 24.6 Å². The summed E-state index contributed by atoms with van der Waals surface area (Å²) in [6.45, 7) is 1.98. The SMILES string of the molecule is CCc1cc(NC(=O)c2cccc(F)c2)n[nH]1. The first-order valence-electron chi connectivity index (χ1n) is 5.30. The van der Waals surface area contributed by atoms with Crippen LogP contribution in [0.3, 0.4) is 0 Å². The van der Waals surface area contributed by atoms with Gasteiger partial charge in [0, 0.05) is 17.3 Å². The number of carbonyl (C=O) groups is 1. The number of carbonyl (C=O) groups excluding carboxylic acids is 1. The second kappa shape index (κ2) is 4.78. The number of aromatic nitrogens is 2.